The minimum Gasteiger partial charge on any atom is -0.492 e. The summed E-state index contributed by atoms with van der Waals surface area (Å²) in [7, 11) is -4.36. The van der Waals surface area contributed by atoms with E-state index in [0.717, 1.165) is 9.87 Å². The zero-order valence-electron chi connectivity index (χ0n) is 26.9. The number of ether oxygens (including phenoxy) is 1. The van der Waals surface area contributed by atoms with E-state index in [2.05, 4.69) is 5.32 Å². The zero-order chi connectivity index (χ0) is 34.8. The van der Waals surface area contributed by atoms with Crippen molar-refractivity contribution in [2.24, 2.45) is 0 Å². The third-order valence-corrected chi connectivity index (χ3v) is 10.5. The van der Waals surface area contributed by atoms with Crippen LogP contribution in [0.25, 0.3) is 0 Å². The molecule has 0 fully saturated rings. The first-order chi connectivity index (χ1) is 23.0. The van der Waals surface area contributed by atoms with Crippen LogP contribution in [0.15, 0.2) is 102 Å². The van der Waals surface area contributed by atoms with Crippen molar-refractivity contribution in [3.05, 3.63) is 123 Å². The van der Waals surface area contributed by atoms with Gasteiger partial charge in [-0.15, -0.1) is 0 Å². The summed E-state index contributed by atoms with van der Waals surface area (Å²) >= 11 is 19.3. The van der Waals surface area contributed by atoms with Crippen LogP contribution >= 0.6 is 34.8 Å². The van der Waals surface area contributed by atoms with Crippen LogP contribution in [0, 0.1) is 0 Å². The zero-order valence-corrected chi connectivity index (χ0v) is 30.0. The monoisotopic (exact) mass is 729 g/mol. The second kappa shape index (κ2) is 17.1. The predicted molar refractivity (Wildman–Crippen MR) is 192 cm³/mol. The molecule has 8 nitrogen and oxygen atoms in total. The van der Waals surface area contributed by atoms with Crippen molar-refractivity contribution in [1.29, 1.82) is 0 Å². The highest BCUT2D eigenvalue weighted by Crippen LogP contribution is 2.34. The van der Waals surface area contributed by atoms with Crippen molar-refractivity contribution in [3.8, 4) is 5.75 Å². The van der Waals surface area contributed by atoms with E-state index in [9.17, 15) is 18.0 Å². The molecular weight excluding hydrogens is 693 g/mol. The Balaban J connectivity index is 1.88. The van der Waals surface area contributed by atoms with Gasteiger partial charge in [0.15, 0.2) is 0 Å². The topological polar surface area (TPSA) is 96.0 Å². The molecule has 48 heavy (non-hydrogen) atoms. The Hall–Kier alpha value is -3.76. The molecule has 0 aliphatic carbocycles. The van der Waals surface area contributed by atoms with Crippen molar-refractivity contribution in [3.63, 3.8) is 0 Å². The van der Waals surface area contributed by atoms with Crippen molar-refractivity contribution < 1.29 is 22.7 Å². The number of para-hydroxylation sites is 2. The molecule has 0 saturated heterocycles. The predicted octanol–water partition coefficient (Wildman–Crippen LogP) is 7.80. The van der Waals surface area contributed by atoms with Crippen molar-refractivity contribution in [2.45, 2.75) is 57.1 Å². The number of amides is 2. The van der Waals surface area contributed by atoms with Crippen LogP contribution in [0.4, 0.5) is 5.69 Å². The molecule has 2 atom stereocenters. The first-order valence-electron chi connectivity index (χ1n) is 15.5. The van der Waals surface area contributed by atoms with E-state index in [1.165, 1.54) is 29.2 Å². The molecular formula is C36H38Cl3N3O5S. The second-order valence-corrected chi connectivity index (χ2v) is 14.2. The Kier molecular flexibility index (Phi) is 13.2. The number of carbonyl (C=O) groups excluding carboxylic acids is 2. The molecule has 4 aromatic rings. The Morgan fingerprint density at radius 1 is 0.833 bits per heavy atom. The molecule has 0 aromatic heterocycles. The lowest BCUT2D eigenvalue weighted by Crippen LogP contribution is -2.54. The molecule has 1 N–H and O–H groups in total. The minimum absolute atomic E-state index is 0.0814. The summed E-state index contributed by atoms with van der Waals surface area (Å²) in [5.74, 6) is -0.789. The van der Waals surface area contributed by atoms with E-state index in [4.69, 9.17) is 39.5 Å². The summed E-state index contributed by atoms with van der Waals surface area (Å²) in [6.45, 7) is 5.02. The maximum atomic E-state index is 14.7. The number of hydrogen-bond donors (Lipinski definition) is 1. The SMILES string of the molecule is CCOc1ccccc1N(CC(=O)N(Cc1c(Cl)cccc1Cl)[C@H](Cc1ccccc1)C(=O)N[C@@H](C)CC)S(=O)(=O)c1ccc(Cl)cc1. The summed E-state index contributed by atoms with van der Waals surface area (Å²) < 4.78 is 35.5. The van der Waals surface area contributed by atoms with Gasteiger partial charge in [0.1, 0.15) is 18.3 Å². The van der Waals surface area contributed by atoms with E-state index in [0.29, 0.717) is 27.1 Å². The standard InChI is InChI=1S/C36H38Cl3N3O5S/c1-4-25(3)40-36(44)33(22-26-12-7-6-8-13-26)41(23-29-30(38)14-11-15-31(29)39)35(43)24-42(32-16-9-10-17-34(32)47-5-2)48(45,46)28-20-18-27(37)19-21-28/h6-21,25,33H,4-5,22-24H2,1-3H3,(H,40,44)/t25-,33+/m0/s1. The third kappa shape index (κ3) is 9.23. The highest BCUT2D eigenvalue weighted by molar-refractivity contribution is 7.92. The lowest BCUT2D eigenvalue weighted by Gasteiger charge is -2.35. The molecule has 0 saturated carbocycles. The number of rotatable bonds is 15. The molecule has 0 heterocycles. The van der Waals surface area contributed by atoms with E-state index >= 15 is 0 Å². The fourth-order valence-corrected chi connectivity index (χ4v) is 7.10. The van der Waals surface area contributed by atoms with Gasteiger partial charge in [0, 0.05) is 39.6 Å². The average molecular weight is 731 g/mol. The molecule has 0 bridgehead atoms. The Morgan fingerprint density at radius 3 is 2.08 bits per heavy atom. The Morgan fingerprint density at radius 2 is 1.46 bits per heavy atom. The molecule has 0 spiro atoms. The van der Waals surface area contributed by atoms with Gasteiger partial charge in [0.25, 0.3) is 10.0 Å². The second-order valence-electron chi connectivity index (χ2n) is 11.1. The van der Waals surface area contributed by atoms with Gasteiger partial charge >= 0.3 is 0 Å². The fourth-order valence-electron chi connectivity index (χ4n) is 5.04. The molecule has 12 heteroatoms. The van der Waals surface area contributed by atoms with Crippen LogP contribution in [-0.4, -0.2) is 50.4 Å². The van der Waals surface area contributed by atoms with Crippen LogP contribution in [0.1, 0.15) is 38.3 Å². The largest absolute Gasteiger partial charge is 0.492 e. The van der Waals surface area contributed by atoms with Crippen molar-refractivity contribution in [1.82, 2.24) is 10.2 Å². The number of halogens is 3. The van der Waals surface area contributed by atoms with Gasteiger partial charge < -0.3 is 15.0 Å². The lowest BCUT2D eigenvalue weighted by atomic mass is 10.0. The molecule has 0 aliphatic heterocycles. The number of carbonyl (C=O) groups is 2. The maximum Gasteiger partial charge on any atom is 0.264 e. The fraction of sp³-hybridized carbons (Fsp3) is 0.278. The minimum atomic E-state index is -4.36. The highest BCUT2D eigenvalue weighted by Gasteiger charge is 2.36. The number of nitrogens with zero attached hydrogens (tertiary/aromatic N) is 2. The number of benzene rings is 4. The molecule has 0 unspecified atom stereocenters. The molecule has 0 radical (unpaired) electrons. The van der Waals surface area contributed by atoms with E-state index in [1.807, 2.05) is 44.2 Å². The first kappa shape index (κ1) is 37.1. The van der Waals surface area contributed by atoms with Crippen LogP contribution in [0.3, 0.4) is 0 Å². The number of anilines is 1. The highest BCUT2D eigenvalue weighted by atomic mass is 35.5. The summed E-state index contributed by atoms with van der Waals surface area (Å²) in [5.41, 5.74) is 1.38. The maximum absolute atomic E-state index is 14.7. The number of nitrogens with one attached hydrogen (secondary N) is 1. The summed E-state index contributed by atoms with van der Waals surface area (Å²) in [4.78, 5) is 30.0. The number of sulfonamides is 1. The summed E-state index contributed by atoms with van der Waals surface area (Å²) in [5, 5.41) is 3.96. The van der Waals surface area contributed by atoms with Crippen molar-refractivity contribution in [2.75, 3.05) is 17.5 Å². The van der Waals surface area contributed by atoms with Gasteiger partial charge in [-0.25, -0.2) is 8.42 Å². The lowest BCUT2D eigenvalue weighted by molar-refractivity contribution is -0.140. The Labute approximate surface area is 297 Å². The first-order valence-corrected chi connectivity index (χ1v) is 18.1. The summed E-state index contributed by atoms with van der Waals surface area (Å²) in [6.07, 6.45) is 0.811. The molecule has 4 aromatic carbocycles. The molecule has 0 aliphatic rings. The average Bonchev–Trinajstić information content (AvgIpc) is 3.07. The molecule has 2 amide bonds. The molecule has 4 rings (SSSR count). The van der Waals surface area contributed by atoms with Gasteiger partial charge in [-0.2, -0.15) is 0 Å². The van der Waals surface area contributed by atoms with E-state index in [-0.39, 0.29) is 41.9 Å². The third-order valence-electron chi connectivity index (χ3n) is 7.78. The van der Waals surface area contributed by atoms with Gasteiger partial charge in [-0.05, 0) is 74.4 Å². The summed E-state index contributed by atoms with van der Waals surface area (Å²) in [6, 6.07) is 25.3. The quantitative estimate of drug-likeness (QED) is 0.135. The van der Waals surface area contributed by atoms with Crippen LogP contribution in [0.2, 0.25) is 15.1 Å². The van der Waals surface area contributed by atoms with Gasteiger partial charge in [0.2, 0.25) is 11.8 Å². The smallest absolute Gasteiger partial charge is 0.264 e. The van der Waals surface area contributed by atoms with Crippen LogP contribution < -0.4 is 14.4 Å². The molecule has 254 valence electrons. The van der Waals surface area contributed by atoms with Crippen molar-refractivity contribution >= 4 is 62.3 Å². The Bertz CT molecular complexity index is 1790. The number of hydrogen-bond acceptors (Lipinski definition) is 5. The van der Waals surface area contributed by atoms with E-state index < -0.39 is 34.4 Å². The van der Waals surface area contributed by atoms with Crippen LogP contribution in [0.5, 0.6) is 5.75 Å². The van der Waals surface area contributed by atoms with Gasteiger partial charge in [-0.3, -0.25) is 13.9 Å². The normalized spacial score (nSPS) is 12.5. The van der Waals surface area contributed by atoms with E-state index in [1.54, 1.807) is 49.4 Å². The van der Waals surface area contributed by atoms with Crippen LogP contribution in [-0.2, 0) is 32.6 Å². The van der Waals surface area contributed by atoms with Gasteiger partial charge in [0.05, 0.1) is 17.2 Å². The van der Waals surface area contributed by atoms with Gasteiger partial charge in [-0.1, -0.05) is 90.3 Å².